The molecule has 0 saturated heterocycles. The average molecular weight is 402 g/mol. The van der Waals surface area contributed by atoms with E-state index in [4.69, 9.17) is 0 Å². The Morgan fingerprint density at radius 3 is 2.50 bits per heavy atom. The molecule has 0 unspecified atom stereocenters. The van der Waals surface area contributed by atoms with Gasteiger partial charge in [-0.25, -0.2) is 18.9 Å². The Kier molecular flexibility index (Phi) is 5.05. The number of aryl methyl sites for hydroxylation is 2. The number of fused-ring (bicyclic) bond motifs is 1. The molecule has 0 spiro atoms. The van der Waals surface area contributed by atoms with Crippen molar-refractivity contribution in [1.82, 2.24) is 19.2 Å². The van der Waals surface area contributed by atoms with Crippen molar-refractivity contribution in [2.24, 2.45) is 0 Å². The first kappa shape index (κ1) is 19.4. The number of hydrogen-bond donors (Lipinski definition) is 1. The molecule has 4 rings (SSSR count). The number of hydrogen-bond acceptors (Lipinski definition) is 5. The monoisotopic (exact) mass is 402 g/mol. The number of rotatable bonds is 5. The van der Waals surface area contributed by atoms with Gasteiger partial charge in [-0.1, -0.05) is 36.4 Å². The van der Waals surface area contributed by atoms with Gasteiger partial charge in [-0.3, -0.25) is 4.79 Å². The zero-order chi connectivity index (χ0) is 21.3. The first-order valence-electron chi connectivity index (χ1n) is 9.55. The Hall–Kier alpha value is -3.94. The van der Waals surface area contributed by atoms with Gasteiger partial charge in [0.25, 0.3) is 0 Å². The summed E-state index contributed by atoms with van der Waals surface area (Å²) in [6.07, 6.45) is 0. The summed E-state index contributed by atoms with van der Waals surface area (Å²) in [5, 5.41) is 7.57. The van der Waals surface area contributed by atoms with Gasteiger partial charge in [-0.15, -0.1) is 5.10 Å². The molecule has 4 aromatic rings. The fraction of sp³-hybridized carbons (Fsp3) is 0.182. The molecule has 152 valence electrons. The summed E-state index contributed by atoms with van der Waals surface area (Å²) in [6.45, 7) is 3.63. The van der Waals surface area contributed by atoms with Gasteiger partial charge in [-0.05, 0) is 37.6 Å². The molecule has 2 heterocycles. The molecule has 1 N–H and O–H groups in total. The Bertz CT molecular complexity index is 1280. The number of nitrogens with zero attached hydrogens (tertiary/aromatic N) is 5. The number of amides is 1. The van der Waals surface area contributed by atoms with E-state index < -0.39 is 5.69 Å². The minimum atomic E-state index is -0.427. The molecule has 0 bridgehead atoms. The van der Waals surface area contributed by atoms with Gasteiger partial charge in [0, 0.05) is 30.2 Å². The van der Waals surface area contributed by atoms with Crippen LogP contribution in [0.25, 0.3) is 5.65 Å². The lowest BCUT2D eigenvalue weighted by atomic mass is 10.2. The maximum atomic E-state index is 13.0. The van der Waals surface area contributed by atoms with E-state index in [9.17, 15) is 9.59 Å². The zero-order valence-electron chi connectivity index (χ0n) is 17.0. The number of likely N-dealkylation sites (N-methyl/N-ethyl adjacent to an activating group) is 1. The molecule has 1 amide bonds. The van der Waals surface area contributed by atoms with E-state index in [2.05, 4.69) is 15.4 Å². The Labute approximate surface area is 173 Å². The van der Waals surface area contributed by atoms with Crippen molar-refractivity contribution < 1.29 is 4.79 Å². The number of nitrogens with one attached hydrogen (secondary N) is 1. The van der Waals surface area contributed by atoms with Crippen LogP contribution >= 0.6 is 0 Å². The molecule has 0 atom stereocenters. The van der Waals surface area contributed by atoms with Crippen LogP contribution in [0.5, 0.6) is 0 Å². The summed E-state index contributed by atoms with van der Waals surface area (Å²) in [7, 11) is 1.68. The van der Waals surface area contributed by atoms with Crippen LogP contribution in [0, 0.1) is 13.8 Å². The van der Waals surface area contributed by atoms with E-state index in [1.165, 1.54) is 14.0 Å². The smallest absolute Gasteiger partial charge is 0.325 e. The van der Waals surface area contributed by atoms with Crippen molar-refractivity contribution in [3.8, 4) is 0 Å². The van der Waals surface area contributed by atoms with Crippen LogP contribution in [0.2, 0.25) is 0 Å². The van der Waals surface area contributed by atoms with Crippen LogP contribution in [0.3, 0.4) is 0 Å². The highest BCUT2D eigenvalue weighted by Gasteiger charge is 2.18. The number of para-hydroxylation sites is 2. The van der Waals surface area contributed by atoms with Crippen molar-refractivity contribution in [3.63, 3.8) is 0 Å². The largest absolute Gasteiger partial charge is 0.353 e. The predicted octanol–water partition coefficient (Wildman–Crippen LogP) is 2.91. The normalized spacial score (nSPS) is 10.9. The molecule has 0 fully saturated rings. The van der Waals surface area contributed by atoms with Crippen LogP contribution in [0.15, 0.2) is 65.5 Å². The van der Waals surface area contributed by atoms with Crippen LogP contribution in [-0.4, -0.2) is 32.1 Å². The van der Waals surface area contributed by atoms with Crippen LogP contribution in [0.4, 0.5) is 17.3 Å². The Morgan fingerprint density at radius 1 is 1.07 bits per heavy atom. The van der Waals surface area contributed by atoms with Crippen LogP contribution < -0.4 is 15.9 Å². The quantitative estimate of drug-likeness (QED) is 0.555. The third-order valence-electron chi connectivity index (χ3n) is 4.89. The van der Waals surface area contributed by atoms with Crippen molar-refractivity contribution in [2.45, 2.75) is 20.4 Å². The van der Waals surface area contributed by atoms with E-state index >= 15 is 0 Å². The predicted molar refractivity (Wildman–Crippen MR) is 116 cm³/mol. The maximum absolute atomic E-state index is 13.0. The first-order valence-corrected chi connectivity index (χ1v) is 9.55. The lowest BCUT2D eigenvalue weighted by Crippen LogP contribution is -2.34. The lowest BCUT2D eigenvalue weighted by molar-refractivity contribution is -0.119. The fourth-order valence-corrected chi connectivity index (χ4v) is 3.20. The van der Waals surface area contributed by atoms with Crippen LogP contribution in [-0.2, 0) is 11.3 Å². The third kappa shape index (κ3) is 3.67. The summed E-state index contributed by atoms with van der Waals surface area (Å²) >= 11 is 0. The highest BCUT2D eigenvalue weighted by molar-refractivity contribution is 5.92. The van der Waals surface area contributed by atoms with Gasteiger partial charge in [0.1, 0.15) is 6.54 Å². The summed E-state index contributed by atoms with van der Waals surface area (Å²) in [4.78, 5) is 31.7. The molecule has 2 aromatic carbocycles. The summed E-state index contributed by atoms with van der Waals surface area (Å²) in [6, 6.07) is 18.7. The molecule has 0 aliphatic heterocycles. The Balaban J connectivity index is 1.69. The van der Waals surface area contributed by atoms with Crippen molar-refractivity contribution in [2.75, 3.05) is 17.3 Å². The molecule has 0 radical (unpaired) electrons. The summed E-state index contributed by atoms with van der Waals surface area (Å²) < 4.78 is 2.55. The molecule has 0 aliphatic carbocycles. The molecule has 8 heteroatoms. The topological polar surface area (TPSA) is 84.5 Å². The van der Waals surface area contributed by atoms with Gasteiger partial charge in [0.15, 0.2) is 5.65 Å². The standard InChI is InChI=1S/C22H22N6O2/c1-15-9-7-8-12-18(15)24-21-23-16(2)13-19-25-27(22(30)28(19)21)14-20(29)26(3)17-10-5-4-6-11-17/h4-13H,14H2,1-3H3,(H,23,24). The SMILES string of the molecule is Cc1cc2nn(CC(=O)N(C)c3ccccc3)c(=O)n2c(Nc2ccccc2C)n1. The van der Waals surface area contributed by atoms with Gasteiger partial charge >= 0.3 is 5.69 Å². The zero-order valence-corrected chi connectivity index (χ0v) is 17.0. The molecule has 30 heavy (non-hydrogen) atoms. The van der Waals surface area contributed by atoms with Crippen LogP contribution in [0.1, 0.15) is 11.3 Å². The van der Waals surface area contributed by atoms with E-state index in [1.807, 2.05) is 68.4 Å². The second kappa shape index (κ2) is 7.82. The van der Waals surface area contributed by atoms with Gasteiger partial charge in [0.05, 0.1) is 0 Å². The molecule has 2 aromatic heterocycles. The van der Waals surface area contributed by atoms with E-state index in [-0.39, 0.29) is 12.5 Å². The maximum Gasteiger partial charge on any atom is 0.353 e. The van der Waals surface area contributed by atoms with Crippen molar-refractivity contribution >= 4 is 28.9 Å². The second-order valence-electron chi connectivity index (χ2n) is 7.08. The second-order valence-corrected chi connectivity index (χ2v) is 7.08. The number of anilines is 3. The number of carbonyl (C=O) groups excluding carboxylic acids is 1. The number of benzene rings is 2. The van der Waals surface area contributed by atoms with Crippen molar-refractivity contribution in [3.05, 3.63) is 82.4 Å². The lowest BCUT2D eigenvalue weighted by Gasteiger charge is -2.16. The molecule has 0 aliphatic rings. The molecule has 8 nitrogen and oxygen atoms in total. The molecule has 0 saturated carbocycles. The summed E-state index contributed by atoms with van der Waals surface area (Å²) in [5.74, 6) is 0.115. The van der Waals surface area contributed by atoms with E-state index in [0.29, 0.717) is 17.3 Å². The van der Waals surface area contributed by atoms with Gasteiger partial charge in [-0.2, -0.15) is 0 Å². The highest BCUT2D eigenvalue weighted by atomic mass is 16.2. The van der Waals surface area contributed by atoms with E-state index in [0.717, 1.165) is 16.9 Å². The number of aromatic nitrogens is 4. The van der Waals surface area contributed by atoms with Gasteiger partial charge < -0.3 is 10.2 Å². The minimum Gasteiger partial charge on any atom is -0.325 e. The van der Waals surface area contributed by atoms with Crippen molar-refractivity contribution in [1.29, 1.82) is 0 Å². The van der Waals surface area contributed by atoms with E-state index in [1.54, 1.807) is 13.1 Å². The third-order valence-corrected chi connectivity index (χ3v) is 4.89. The first-order chi connectivity index (χ1) is 14.4. The highest BCUT2D eigenvalue weighted by Crippen LogP contribution is 2.19. The Morgan fingerprint density at radius 2 is 1.77 bits per heavy atom. The minimum absolute atomic E-state index is 0.172. The molecular formula is C22H22N6O2. The van der Waals surface area contributed by atoms with Gasteiger partial charge in [0.2, 0.25) is 11.9 Å². The fourth-order valence-electron chi connectivity index (χ4n) is 3.20. The number of carbonyl (C=O) groups is 1. The molecular weight excluding hydrogens is 380 g/mol. The summed E-state index contributed by atoms with van der Waals surface area (Å²) in [5.41, 5.74) is 3.33. The average Bonchev–Trinajstić information content (AvgIpc) is 3.04.